The molecular weight excluding hydrogens is 312 g/mol. The van der Waals surface area contributed by atoms with E-state index in [0.717, 1.165) is 16.1 Å². The minimum Gasteiger partial charge on any atom is -0.418 e. The van der Waals surface area contributed by atoms with E-state index in [0.29, 0.717) is 11.8 Å². The van der Waals surface area contributed by atoms with Crippen LogP contribution in [0.3, 0.4) is 0 Å². The highest BCUT2D eigenvalue weighted by atomic mass is 32.1. The summed E-state index contributed by atoms with van der Waals surface area (Å²) in [5, 5.41) is 10.6. The Balaban J connectivity index is 1.57. The van der Waals surface area contributed by atoms with Crippen molar-refractivity contribution in [1.82, 2.24) is 20.5 Å². The van der Waals surface area contributed by atoms with Crippen LogP contribution in [-0.4, -0.2) is 21.1 Å². The lowest BCUT2D eigenvalue weighted by Crippen LogP contribution is -2.20. The van der Waals surface area contributed by atoms with E-state index < -0.39 is 0 Å². The lowest BCUT2D eigenvalue weighted by atomic mass is 10.2. The zero-order chi connectivity index (χ0) is 16.1. The number of aryl methyl sites for hydroxylation is 1. The van der Waals surface area contributed by atoms with Crippen molar-refractivity contribution in [3.05, 3.63) is 59.1 Å². The highest BCUT2D eigenvalue weighted by Crippen LogP contribution is 2.25. The fraction of sp³-hybridized carbons (Fsp3) is 0.125. The van der Waals surface area contributed by atoms with E-state index in [2.05, 4.69) is 20.5 Å². The van der Waals surface area contributed by atoms with Crippen LogP contribution in [0.4, 0.5) is 0 Å². The maximum atomic E-state index is 11.8. The summed E-state index contributed by atoms with van der Waals surface area (Å²) in [5.74, 6) is 0.561. The third-order valence-corrected chi connectivity index (χ3v) is 3.96. The van der Waals surface area contributed by atoms with Crippen LogP contribution in [0.5, 0.6) is 0 Å². The number of benzene rings is 1. The van der Waals surface area contributed by atoms with Gasteiger partial charge in [0.25, 0.3) is 5.89 Å². The van der Waals surface area contributed by atoms with Gasteiger partial charge >= 0.3 is 0 Å². The largest absolute Gasteiger partial charge is 0.418 e. The van der Waals surface area contributed by atoms with Gasteiger partial charge in [-0.2, -0.15) is 0 Å². The molecular formula is C16H14N4O2S. The molecule has 0 saturated heterocycles. The van der Waals surface area contributed by atoms with Gasteiger partial charge in [-0.15, -0.1) is 21.5 Å². The molecule has 116 valence electrons. The van der Waals surface area contributed by atoms with Crippen molar-refractivity contribution in [2.24, 2.45) is 0 Å². The van der Waals surface area contributed by atoms with Gasteiger partial charge in [-0.1, -0.05) is 30.3 Å². The van der Waals surface area contributed by atoms with E-state index in [4.69, 9.17) is 4.42 Å². The minimum absolute atomic E-state index is 0.183. The highest BCUT2D eigenvalue weighted by Gasteiger charge is 2.13. The SMILES string of the molecule is Cc1ncsc1-c1nnc(CNC(=O)C=Cc2ccccc2)o1. The van der Waals surface area contributed by atoms with Gasteiger partial charge in [-0.05, 0) is 18.6 Å². The Kier molecular flexibility index (Phi) is 4.58. The highest BCUT2D eigenvalue weighted by molar-refractivity contribution is 7.13. The number of hydrogen-bond donors (Lipinski definition) is 1. The number of aromatic nitrogens is 3. The number of hydrogen-bond acceptors (Lipinski definition) is 6. The monoisotopic (exact) mass is 326 g/mol. The summed E-state index contributed by atoms with van der Waals surface area (Å²) in [5.41, 5.74) is 3.54. The lowest BCUT2D eigenvalue weighted by molar-refractivity contribution is -0.116. The van der Waals surface area contributed by atoms with E-state index in [-0.39, 0.29) is 12.5 Å². The fourth-order valence-corrected chi connectivity index (χ4v) is 2.60. The predicted molar refractivity (Wildman–Crippen MR) is 87.5 cm³/mol. The van der Waals surface area contributed by atoms with Gasteiger partial charge < -0.3 is 9.73 Å². The maximum Gasteiger partial charge on any atom is 0.259 e. The minimum atomic E-state index is -0.220. The van der Waals surface area contributed by atoms with Gasteiger partial charge in [0.2, 0.25) is 11.8 Å². The van der Waals surface area contributed by atoms with Crippen LogP contribution in [0.1, 0.15) is 17.1 Å². The molecule has 0 aliphatic carbocycles. The van der Waals surface area contributed by atoms with Crippen molar-refractivity contribution >= 4 is 23.3 Å². The van der Waals surface area contributed by atoms with E-state index in [1.165, 1.54) is 17.4 Å². The van der Waals surface area contributed by atoms with E-state index in [9.17, 15) is 4.79 Å². The van der Waals surface area contributed by atoms with Gasteiger partial charge in [0.1, 0.15) is 4.88 Å². The molecule has 1 aromatic carbocycles. The average molecular weight is 326 g/mol. The number of nitrogens with zero attached hydrogens (tertiary/aromatic N) is 3. The molecule has 3 aromatic rings. The second kappa shape index (κ2) is 6.97. The molecule has 0 spiro atoms. The standard InChI is InChI=1S/C16H14N4O2S/c1-11-15(23-10-18-11)16-20-19-14(22-16)9-17-13(21)8-7-12-5-3-2-4-6-12/h2-8,10H,9H2,1H3,(H,17,21). The van der Waals surface area contributed by atoms with Crippen LogP contribution >= 0.6 is 11.3 Å². The molecule has 1 amide bonds. The van der Waals surface area contributed by atoms with Gasteiger partial charge in [0.15, 0.2) is 0 Å². The first-order valence-corrected chi connectivity index (χ1v) is 7.84. The quantitative estimate of drug-likeness (QED) is 0.729. The van der Waals surface area contributed by atoms with Crippen molar-refractivity contribution in [3.8, 4) is 10.8 Å². The second-order valence-corrected chi connectivity index (χ2v) is 5.58. The van der Waals surface area contributed by atoms with E-state index in [1.807, 2.05) is 37.3 Å². The van der Waals surface area contributed by atoms with Gasteiger partial charge in [0, 0.05) is 6.08 Å². The number of carbonyl (C=O) groups excluding carboxylic acids is 1. The van der Waals surface area contributed by atoms with Crippen molar-refractivity contribution in [1.29, 1.82) is 0 Å². The summed E-state index contributed by atoms with van der Waals surface area (Å²) in [6.45, 7) is 2.06. The van der Waals surface area contributed by atoms with Gasteiger partial charge in [-0.3, -0.25) is 4.79 Å². The summed E-state index contributed by atoms with van der Waals surface area (Å²) in [6, 6.07) is 9.60. The molecule has 0 saturated carbocycles. The first-order valence-electron chi connectivity index (χ1n) is 6.96. The van der Waals surface area contributed by atoms with Crippen LogP contribution in [0, 0.1) is 6.92 Å². The molecule has 0 bridgehead atoms. The maximum absolute atomic E-state index is 11.8. The first-order chi connectivity index (χ1) is 11.2. The summed E-state index contributed by atoms with van der Waals surface area (Å²) in [4.78, 5) is 16.8. The van der Waals surface area contributed by atoms with Crippen molar-refractivity contribution in [3.63, 3.8) is 0 Å². The van der Waals surface area contributed by atoms with Gasteiger partial charge in [0.05, 0.1) is 17.7 Å². The number of amides is 1. The molecule has 6 nitrogen and oxygen atoms in total. The second-order valence-electron chi connectivity index (χ2n) is 4.73. The fourth-order valence-electron chi connectivity index (χ4n) is 1.88. The molecule has 0 fully saturated rings. The van der Waals surface area contributed by atoms with Crippen molar-refractivity contribution in [2.45, 2.75) is 13.5 Å². The molecule has 0 aliphatic rings. The predicted octanol–water partition coefficient (Wildman–Crippen LogP) is 2.83. The Morgan fingerprint density at radius 2 is 2.13 bits per heavy atom. The Morgan fingerprint density at radius 1 is 1.30 bits per heavy atom. The topological polar surface area (TPSA) is 80.9 Å². The van der Waals surface area contributed by atoms with Crippen LogP contribution in [-0.2, 0) is 11.3 Å². The Labute approximate surface area is 136 Å². The third kappa shape index (κ3) is 3.89. The molecule has 0 aliphatic heterocycles. The first kappa shape index (κ1) is 15.1. The van der Waals surface area contributed by atoms with Crippen molar-refractivity contribution in [2.75, 3.05) is 0 Å². The Bertz CT molecular complexity index is 823. The molecule has 1 N–H and O–H groups in total. The molecule has 0 radical (unpaired) electrons. The third-order valence-electron chi connectivity index (χ3n) is 3.05. The van der Waals surface area contributed by atoms with Gasteiger partial charge in [-0.25, -0.2) is 4.98 Å². The summed E-state index contributed by atoms with van der Waals surface area (Å²) >= 11 is 1.44. The molecule has 23 heavy (non-hydrogen) atoms. The number of carbonyl (C=O) groups is 1. The molecule has 0 unspecified atom stereocenters. The zero-order valence-corrected chi connectivity index (χ0v) is 13.2. The summed E-state index contributed by atoms with van der Waals surface area (Å²) in [7, 11) is 0. The van der Waals surface area contributed by atoms with Crippen molar-refractivity contribution < 1.29 is 9.21 Å². The Hall–Kier alpha value is -2.80. The van der Waals surface area contributed by atoms with E-state index >= 15 is 0 Å². The number of rotatable bonds is 5. The van der Waals surface area contributed by atoms with E-state index in [1.54, 1.807) is 11.6 Å². The summed E-state index contributed by atoms with van der Waals surface area (Å²) in [6.07, 6.45) is 3.22. The molecule has 2 aromatic heterocycles. The Morgan fingerprint density at radius 3 is 2.87 bits per heavy atom. The number of thiazole rings is 1. The van der Waals surface area contributed by atoms with Crippen LogP contribution in [0.15, 0.2) is 46.3 Å². The molecule has 0 atom stereocenters. The smallest absolute Gasteiger partial charge is 0.259 e. The van der Waals surface area contributed by atoms with Crippen LogP contribution < -0.4 is 5.32 Å². The van der Waals surface area contributed by atoms with Crippen LogP contribution in [0.25, 0.3) is 16.8 Å². The number of nitrogens with one attached hydrogen (secondary N) is 1. The average Bonchev–Trinajstić information content (AvgIpc) is 3.20. The summed E-state index contributed by atoms with van der Waals surface area (Å²) < 4.78 is 5.53. The normalized spacial score (nSPS) is 11.0. The molecule has 3 rings (SSSR count). The molecule has 7 heteroatoms. The molecule has 2 heterocycles. The van der Waals surface area contributed by atoms with Crippen LogP contribution in [0.2, 0.25) is 0 Å². The lowest BCUT2D eigenvalue weighted by Gasteiger charge is -1.97. The zero-order valence-electron chi connectivity index (χ0n) is 12.4.